The van der Waals surface area contributed by atoms with Crippen molar-refractivity contribution in [2.45, 2.75) is 40.3 Å². The van der Waals surface area contributed by atoms with Gasteiger partial charge in [0.05, 0.1) is 13.2 Å². The molecule has 0 saturated heterocycles. The van der Waals surface area contributed by atoms with Crippen LogP contribution in [-0.2, 0) is 17.9 Å². The fraction of sp³-hybridized carbons (Fsp3) is 0.350. The van der Waals surface area contributed by atoms with Crippen LogP contribution >= 0.6 is 0 Å². The summed E-state index contributed by atoms with van der Waals surface area (Å²) in [4.78, 5) is 4.47. The summed E-state index contributed by atoms with van der Waals surface area (Å²) < 4.78 is 5.64. The molecule has 0 aliphatic rings. The highest BCUT2D eigenvalue weighted by Gasteiger charge is 2.02. The summed E-state index contributed by atoms with van der Waals surface area (Å²) in [5, 5.41) is 3.16. The van der Waals surface area contributed by atoms with Gasteiger partial charge in [-0.3, -0.25) is 0 Å². The number of aliphatic imine (C=N–C) groups is 1. The van der Waals surface area contributed by atoms with E-state index in [1.165, 1.54) is 11.1 Å². The predicted octanol–water partition coefficient (Wildman–Crippen LogP) is 4.16. The van der Waals surface area contributed by atoms with E-state index < -0.39 is 0 Å². The number of nitrogens with zero attached hydrogens (tertiary/aromatic N) is 1. The molecule has 4 nitrogen and oxygen atoms in total. The Labute approximate surface area is 144 Å². The van der Waals surface area contributed by atoms with Crippen LogP contribution in [0.15, 0.2) is 47.5 Å². The van der Waals surface area contributed by atoms with Gasteiger partial charge in [0.1, 0.15) is 0 Å². The average molecular weight is 325 g/mol. The maximum absolute atomic E-state index is 6.03. The summed E-state index contributed by atoms with van der Waals surface area (Å²) >= 11 is 0. The SMILES string of the molecule is CCCOCc1ccccc1CN=C(N)Nc1cc(C)cc(C)c1. The zero-order valence-electron chi connectivity index (χ0n) is 14.8. The van der Waals surface area contributed by atoms with Crippen molar-refractivity contribution in [3.63, 3.8) is 0 Å². The van der Waals surface area contributed by atoms with E-state index >= 15 is 0 Å². The number of benzene rings is 2. The molecule has 0 unspecified atom stereocenters. The first-order chi connectivity index (χ1) is 11.6. The number of nitrogens with two attached hydrogens (primary N) is 1. The first-order valence-electron chi connectivity index (χ1n) is 8.38. The standard InChI is InChI=1S/C20H27N3O/c1-4-9-24-14-18-8-6-5-7-17(18)13-22-20(21)23-19-11-15(2)10-16(3)12-19/h5-8,10-12H,4,9,13-14H2,1-3H3,(H3,21,22,23). The smallest absolute Gasteiger partial charge is 0.193 e. The van der Waals surface area contributed by atoms with E-state index in [0.29, 0.717) is 19.1 Å². The topological polar surface area (TPSA) is 59.6 Å². The largest absolute Gasteiger partial charge is 0.377 e. The van der Waals surface area contributed by atoms with E-state index in [1.807, 2.05) is 12.1 Å². The van der Waals surface area contributed by atoms with Crippen molar-refractivity contribution in [1.29, 1.82) is 0 Å². The second-order valence-electron chi connectivity index (χ2n) is 6.02. The Bertz CT molecular complexity index is 675. The summed E-state index contributed by atoms with van der Waals surface area (Å²) in [7, 11) is 0. The molecule has 0 bridgehead atoms. The van der Waals surface area contributed by atoms with Crippen LogP contribution in [0.5, 0.6) is 0 Å². The van der Waals surface area contributed by atoms with E-state index in [4.69, 9.17) is 10.5 Å². The average Bonchev–Trinajstić information content (AvgIpc) is 2.53. The van der Waals surface area contributed by atoms with Crippen molar-refractivity contribution in [2.75, 3.05) is 11.9 Å². The van der Waals surface area contributed by atoms with Crippen molar-refractivity contribution in [1.82, 2.24) is 0 Å². The predicted molar refractivity (Wildman–Crippen MR) is 101 cm³/mol. The van der Waals surface area contributed by atoms with E-state index in [0.717, 1.165) is 29.8 Å². The Morgan fingerprint density at radius 2 is 1.75 bits per heavy atom. The van der Waals surface area contributed by atoms with E-state index in [9.17, 15) is 0 Å². The molecule has 0 heterocycles. The molecule has 24 heavy (non-hydrogen) atoms. The molecule has 2 aromatic carbocycles. The number of nitrogens with one attached hydrogen (secondary N) is 1. The molecule has 0 fully saturated rings. The van der Waals surface area contributed by atoms with Crippen LogP contribution in [0.4, 0.5) is 5.69 Å². The van der Waals surface area contributed by atoms with Gasteiger partial charge in [0, 0.05) is 12.3 Å². The number of aryl methyl sites for hydroxylation is 2. The third-order valence-electron chi connectivity index (χ3n) is 3.64. The molecule has 0 amide bonds. The second-order valence-corrected chi connectivity index (χ2v) is 6.02. The second kappa shape index (κ2) is 9.08. The molecule has 128 valence electrons. The lowest BCUT2D eigenvalue weighted by molar-refractivity contribution is 0.121. The third-order valence-corrected chi connectivity index (χ3v) is 3.64. The molecular weight excluding hydrogens is 298 g/mol. The highest BCUT2D eigenvalue weighted by Crippen LogP contribution is 2.14. The van der Waals surface area contributed by atoms with Crippen molar-refractivity contribution >= 4 is 11.6 Å². The zero-order valence-corrected chi connectivity index (χ0v) is 14.8. The number of rotatable bonds is 7. The number of guanidine groups is 1. The van der Waals surface area contributed by atoms with Gasteiger partial charge in [0.25, 0.3) is 0 Å². The highest BCUT2D eigenvalue weighted by molar-refractivity contribution is 5.92. The Kier molecular flexibility index (Phi) is 6.82. The molecule has 0 spiro atoms. The Morgan fingerprint density at radius 1 is 1.08 bits per heavy atom. The molecule has 4 heteroatoms. The van der Waals surface area contributed by atoms with Gasteiger partial charge in [-0.1, -0.05) is 37.3 Å². The van der Waals surface area contributed by atoms with Crippen molar-refractivity contribution < 1.29 is 4.74 Å². The Morgan fingerprint density at radius 3 is 2.42 bits per heavy atom. The van der Waals surface area contributed by atoms with Gasteiger partial charge in [-0.2, -0.15) is 0 Å². The van der Waals surface area contributed by atoms with Crippen LogP contribution in [-0.4, -0.2) is 12.6 Å². The molecule has 0 atom stereocenters. The minimum Gasteiger partial charge on any atom is -0.377 e. The number of ether oxygens (including phenoxy) is 1. The van der Waals surface area contributed by atoms with Gasteiger partial charge in [-0.25, -0.2) is 4.99 Å². The fourth-order valence-corrected chi connectivity index (χ4v) is 2.58. The molecular formula is C20H27N3O. The minimum atomic E-state index is 0.421. The molecule has 2 aromatic rings. The lowest BCUT2D eigenvalue weighted by Crippen LogP contribution is -2.22. The maximum Gasteiger partial charge on any atom is 0.193 e. The van der Waals surface area contributed by atoms with Crippen LogP contribution in [0.2, 0.25) is 0 Å². The van der Waals surface area contributed by atoms with Gasteiger partial charge < -0.3 is 15.8 Å². The zero-order chi connectivity index (χ0) is 17.4. The minimum absolute atomic E-state index is 0.421. The summed E-state index contributed by atoms with van der Waals surface area (Å²) in [6.45, 7) is 8.17. The highest BCUT2D eigenvalue weighted by atomic mass is 16.5. The van der Waals surface area contributed by atoms with Crippen LogP contribution in [0.25, 0.3) is 0 Å². The van der Waals surface area contributed by atoms with Crippen LogP contribution in [0.1, 0.15) is 35.6 Å². The molecule has 0 saturated carbocycles. The van der Waals surface area contributed by atoms with E-state index in [1.54, 1.807) is 0 Å². The molecule has 3 N–H and O–H groups in total. The molecule has 0 aromatic heterocycles. The van der Waals surface area contributed by atoms with Crippen LogP contribution in [0.3, 0.4) is 0 Å². The lowest BCUT2D eigenvalue weighted by atomic mass is 10.1. The van der Waals surface area contributed by atoms with Crippen LogP contribution in [0, 0.1) is 13.8 Å². The summed E-state index contributed by atoms with van der Waals surface area (Å²) in [5.74, 6) is 0.421. The van der Waals surface area contributed by atoms with Gasteiger partial charge in [-0.15, -0.1) is 0 Å². The first-order valence-corrected chi connectivity index (χ1v) is 8.38. The normalized spacial score (nSPS) is 11.5. The molecule has 0 aliphatic carbocycles. The Balaban J connectivity index is 2.01. The van der Waals surface area contributed by atoms with Crippen molar-refractivity contribution in [2.24, 2.45) is 10.7 Å². The number of hydrogen-bond donors (Lipinski definition) is 2. The third kappa shape index (κ3) is 5.70. The fourth-order valence-electron chi connectivity index (χ4n) is 2.58. The first kappa shape index (κ1) is 18.0. The summed E-state index contributed by atoms with van der Waals surface area (Å²) in [5.41, 5.74) is 11.7. The molecule has 2 rings (SSSR count). The van der Waals surface area contributed by atoms with Gasteiger partial charge >= 0.3 is 0 Å². The molecule has 0 radical (unpaired) electrons. The maximum atomic E-state index is 6.03. The summed E-state index contributed by atoms with van der Waals surface area (Å²) in [6, 6.07) is 14.4. The van der Waals surface area contributed by atoms with Crippen LogP contribution < -0.4 is 11.1 Å². The van der Waals surface area contributed by atoms with Crippen molar-refractivity contribution in [3.05, 3.63) is 64.7 Å². The summed E-state index contributed by atoms with van der Waals surface area (Å²) in [6.07, 6.45) is 1.02. The Hall–Kier alpha value is -2.33. The van der Waals surface area contributed by atoms with Crippen molar-refractivity contribution in [3.8, 4) is 0 Å². The lowest BCUT2D eigenvalue weighted by Gasteiger charge is -2.10. The quantitative estimate of drug-likeness (QED) is 0.456. The number of hydrogen-bond acceptors (Lipinski definition) is 2. The van der Waals surface area contributed by atoms with Gasteiger partial charge in [0.15, 0.2) is 5.96 Å². The number of anilines is 1. The van der Waals surface area contributed by atoms with Gasteiger partial charge in [-0.05, 0) is 54.7 Å². The van der Waals surface area contributed by atoms with E-state index in [-0.39, 0.29) is 0 Å². The monoisotopic (exact) mass is 325 g/mol. The van der Waals surface area contributed by atoms with E-state index in [2.05, 4.69) is 61.4 Å². The molecule has 0 aliphatic heterocycles. The van der Waals surface area contributed by atoms with Gasteiger partial charge in [0.2, 0.25) is 0 Å².